The summed E-state index contributed by atoms with van der Waals surface area (Å²) in [4.78, 5) is 10.8. The maximum atomic E-state index is 13.3. The molecule has 0 fully saturated rings. The predicted molar refractivity (Wildman–Crippen MR) is 65.9 cm³/mol. The van der Waals surface area contributed by atoms with Gasteiger partial charge in [0.05, 0.1) is 0 Å². The Bertz CT molecular complexity index is 494. The van der Waals surface area contributed by atoms with Gasteiger partial charge in [0.25, 0.3) is 12.9 Å². The number of benzene rings is 1. The van der Waals surface area contributed by atoms with Crippen molar-refractivity contribution in [2.75, 3.05) is 0 Å². The molecule has 0 bridgehead atoms. The van der Waals surface area contributed by atoms with Crippen molar-refractivity contribution in [3.63, 3.8) is 0 Å². The second-order valence-electron chi connectivity index (χ2n) is 4.35. The van der Waals surface area contributed by atoms with Crippen LogP contribution >= 0.6 is 0 Å². The highest BCUT2D eigenvalue weighted by atomic mass is 19.3. The highest BCUT2D eigenvalue weighted by Gasteiger charge is 2.26. The third kappa shape index (κ3) is 4.91. The zero-order chi connectivity index (χ0) is 16.2. The highest BCUT2D eigenvalue weighted by molar-refractivity contribution is 5.91. The summed E-state index contributed by atoms with van der Waals surface area (Å²) in [6.45, 7) is 1.20. The van der Waals surface area contributed by atoms with Gasteiger partial charge in [0, 0.05) is 0 Å². The third-order valence-corrected chi connectivity index (χ3v) is 2.59. The van der Waals surface area contributed by atoms with Crippen molar-refractivity contribution in [3.05, 3.63) is 41.0 Å². The normalized spacial score (nSPS) is 14.9. The predicted octanol–water partition coefficient (Wildman–Crippen LogP) is 4.84. The summed E-state index contributed by atoms with van der Waals surface area (Å²) in [5, 5.41) is 0. The fraction of sp³-hybridized carbons (Fsp3) is 0.357. The van der Waals surface area contributed by atoms with Crippen molar-refractivity contribution < 1.29 is 31.1 Å². The van der Waals surface area contributed by atoms with E-state index in [9.17, 15) is 31.1 Å². The summed E-state index contributed by atoms with van der Waals surface area (Å²) in [7, 11) is 0. The molecular weight excluding hydrogens is 298 g/mol. The Labute approximate surface area is 117 Å². The first kappa shape index (κ1) is 17.3. The van der Waals surface area contributed by atoms with Gasteiger partial charge < -0.3 is 0 Å². The number of halogens is 6. The Morgan fingerprint density at radius 2 is 1.33 bits per heavy atom. The molecule has 0 aliphatic heterocycles. The summed E-state index contributed by atoms with van der Waals surface area (Å²) in [6, 6.07) is 2.55. The quantitative estimate of drug-likeness (QED) is 0.543. The SMILES string of the molecule is CC(=O)C=Cc1cc(C(F)C(F)F)cc(C(F)C(F)F)c1. The van der Waals surface area contributed by atoms with E-state index in [0.717, 1.165) is 24.3 Å². The van der Waals surface area contributed by atoms with Crippen molar-refractivity contribution in [2.45, 2.75) is 32.1 Å². The van der Waals surface area contributed by atoms with Crippen molar-refractivity contribution in [1.82, 2.24) is 0 Å². The van der Waals surface area contributed by atoms with E-state index in [4.69, 9.17) is 0 Å². The number of hydrogen-bond acceptors (Lipinski definition) is 1. The number of ketones is 1. The zero-order valence-corrected chi connectivity index (χ0v) is 10.9. The summed E-state index contributed by atoms with van der Waals surface area (Å²) in [5.74, 6) is -0.390. The van der Waals surface area contributed by atoms with Crippen LogP contribution in [0, 0.1) is 0 Å². The van der Waals surface area contributed by atoms with Crippen LogP contribution < -0.4 is 0 Å². The van der Waals surface area contributed by atoms with Crippen molar-refractivity contribution >= 4 is 11.9 Å². The van der Waals surface area contributed by atoms with Gasteiger partial charge >= 0.3 is 0 Å². The summed E-state index contributed by atoms with van der Waals surface area (Å²) >= 11 is 0. The van der Waals surface area contributed by atoms with E-state index in [-0.39, 0.29) is 5.56 Å². The molecule has 2 atom stereocenters. The molecule has 0 N–H and O–H groups in total. The van der Waals surface area contributed by atoms with Crippen LogP contribution in [0.3, 0.4) is 0 Å². The van der Waals surface area contributed by atoms with E-state index in [1.54, 1.807) is 0 Å². The fourth-order valence-electron chi connectivity index (χ4n) is 1.62. The van der Waals surface area contributed by atoms with Crippen LogP contribution in [0.25, 0.3) is 6.08 Å². The van der Waals surface area contributed by atoms with Crippen LogP contribution in [-0.2, 0) is 4.79 Å². The summed E-state index contributed by atoms with van der Waals surface area (Å²) in [5.41, 5.74) is -1.24. The molecule has 0 aliphatic rings. The Morgan fingerprint density at radius 3 is 1.67 bits per heavy atom. The molecule has 0 aliphatic carbocycles. The molecule has 1 rings (SSSR count). The molecule has 0 spiro atoms. The minimum absolute atomic E-state index is 0.00991. The minimum atomic E-state index is -3.37. The molecule has 1 nitrogen and oxygen atoms in total. The van der Waals surface area contributed by atoms with Gasteiger partial charge in [-0.25, -0.2) is 26.3 Å². The average molecular weight is 310 g/mol. The third-order valence-electron chi connectivity index (χ3n) is 2.59. The lowest BCUT2D eigenvalue weighted by molar-refractivity contribution is -0.112. The van der Waals surface area contributed by atoms with E-state index in [1.807, 2.05) is 0 Å². The molecule has 116 valence electrons. The Balaban J connectivity index is 3.28. The molecule has 0 radical (unpaired) electrons. The zero-order valence-electron chi connectivity index (χ0n) is 10.9. The molecular formula is C14H12F6O. The van der Waals surface area contributed by atoms with Gasteiger partial charge in [0.1, 0.15) is 0 Å². The van der Waals surface area contributed by atoms with Crippen LogP contribution in [0.15, 0.2) is 24.3 Å². The molecule has 1 aromatic rings. The van der Waals surface area contributed by atoms with E-state index in [1.165, 1.54) is 6.92 Å². The van der Waals surface area contributed by atoms with E-state index in [0.29, 0.717) is 6.07 Å². The second kappa shape index (κ2) is 7.28. The molecule has 0 saturated heterocycles. The molecule has 2 unspecified atom stereocenters. The smallest absolute Gasteiger partial charge is 0.273 e. The van der Waals surface area contributed by atoms with Gasteiger partial charge in [-0.2, -0.15) is 0 Å². The topological polar surface area (TPSA) is 17.1 Å². The number of allylic oxidation sites excluding steroid dienone is 1. The van der Waals surface area contributed by atoms with Gasteiger partial charge in [-0.1, -0.05) is 6.08 Å². The summed E-state index contributed by atoms with van der Waals surface area (Å²) < 4.78 is 76.1. The van der Waals surface area contributed by atoms with Gasteiger partial charge in [0.2, 0.25) is 0 Å². The summed E-state index contributed by atoms with van der Waals surface area (Å²) in [6.07, 6.45) is -10.0. The van der Waals surface area contributed by atoms with Crippen molar-refractivity contribution in [3.8, 4) is 0 Å². The van der Waals surface area contributed by atoms with E-state index in [2.05, 4.69) is 0 Å². The molecule has 0 saturated carbocycles. The second-order valence-corrected chi connectivity index (χ2v) is 4.35. The molecule has 7 heteroatoms. The molecule has 1 aromatic carbocycles. The van der Waals surface area contributed by atoms with Crippen LogP contribution in [-0.4, -0.2) is 18.6 Å². The number of carbonyl (C=O) groups is 1. The fourth-order valence-corrected chi connectivity index (χ4v) is 1.62. The highest BCUT2D eigenvalue weighted by Crippen LogP contribution is 2.32. The van der Waals surface area contributed by atoms with Gasteiger partial charge in [-0.15, -0.1) is 0 Å². The standard InChI is InChI=1S/C14H12F6O/c1-7(21)2-3-8-4-9(11(15)13(17)18)6-10(5-8)12(16)14(19)20/h2-6,11-14H,1H3. The Kier molecular flexibility index (Phi) is 5.99. The maximum absolute atomic E-state index is 13.3. The number of alkyl halides is 6. The van der Waals surface area contributed by atoms with Crippen LogP contribution in [0.5, 0.6) is 0 Å². The number of hydrogen-bond donors (Lipinski definition) is 0. The molecule has 0 aromatic heterocycles. The van der Waals surface area contributed by atoms with Crippen LogP contribution in [0.2, 0.25) is 0 Å². The van der Waals surface area contributed by atoms with Crippen LogP contribution in [0.1, 0.15) is 36.0 Å². The van der Waals surface area contributed by atoms with Gasteiger partial charge in [-0.3, -0.25) is 4.79 Å². The van der Waals surface area contributed by atoms with Gasteiger partial charge in [-0.05, 0) is 47.9 Å². The van der Waals surface area contributed by atoms with Crippen LogP contribution in [0.4, 0.5) is 26.3 Å². The first-order valence-electron chi connectivity index (χ1n) is 5.90. The Morgan fingerprint density at radius 1 is 0.905 bits per heavy atom. The Hall–Kier alpha value is -1.79. The lowest BCUT2D eigenvalue weighted by Gasteiger charge is -2.13. The lowest BCUT2D eigenvalue weighted by atomic mass is 9.99. The lowest BCUT2D eigenvalue weighted by Crippen LogP contribution is -2.08. The average Bonchev–Trinajstić information content (AvgIpc) is 2.42. The molecule has 0 amide bonds. The monoisotopic (exact) mass is 310 g/mol. The molecule has 0 heterocycles. The van der Waals surface area contributed by atoms with E-state index < -0.39 is 42.1 Å². The maximum Gasteiger partial charge on any atom is 0.273 e. The van der Waals surface area contributed by atoms with Crippen molar-refractivity contribution in [2.24, 2.45) is 0 Å². The molecule has 21 heavy (non-hydrogen) atoms. The minimum Gasteiger partial charge on any atom is -0.295 e. The van der Waals surface area contributed by atoms with E-state index >= 15 is 0 Å². The van der Waals surface area contributed by atoms with Gasteiger partial charge in [0.15, 0.2) is 18.1 Å². The largest absolute Gasteiger partial charge is 0.295 e. The number of rotatable bonds is 6. The number of carbonyl (C=O) groups excluding carboxylic acids is 1. The van der Waals surface area contributed by atoms with Crippen molar-refractivity contribution in [1.29, 1.82) is 0 Å². The first-order valence-corrected chi connectivity index (χ1v) is 5.90. The first-order chi connectivity index (χ1) is 9.72.